The maximum Gasteiger partial charge on any atom is 0.321 e. The van der Waals surface area contributed by atoms with Crippen LogP contribution >= 0.6 is 23.1 Å². The van der Waals surface area contributed by atoms with E-state index in [2.05, 4.69) is 4.98 Å². The van der Waals surface area contributed by atoms with Crippen molar-refractivity contribution in [2.45, 2.75) is 11.8 Å². The fourth-order valence-electron chi connectivity index (χ4n) is 0.751. The predicted octanol–water partition coefficient (Wildman–Crippen LogP) is 0.370. The van der Waals surface area contributed by atoms with Crippen molar-refractivity contribution in [3.05, 3.63) is 11.1 Å². The average molecular weight is 233 g/mol. The minimum absolute atomic E-state index is 0.382. The number of aromatic nitrogens is 1. The molecule has 0 unspecified atom stereocenters. The second-order valence-corrected chi connectivity index (χ2v) is 4.56. The van der Waals surface area contributed by atoms with E-state index in [4.69, 9.17) is 16.6 Å². The third-order valence-corrected chi connectivity index (χ3v) is 3.25. The van der Waals surface area contributed by atoms with Crippen LogP contribution in [0.2, 0.25) is 0 Å². The highest BCUT2D eigenvalue weighted by Crippen LogP contribution is 2.17. The summed E-state index contributed by atoms with van der Waals surface area (Å²) in [5.41, 5.74) is 11.6. The first-order valence-corrected chi connectivity index (χ1v) is 5.89. The van der Waals surface area contributed by atoms with E-state index >= 15 is 0 Å². The van der Waals surface area contributed by atoms with Gasteiger partial charge in [-0.3, -0.25) is 4.79 Å². The van der Waals surface area contributed by atoms with Crippen LogP contribution in [0.15, 0.2) is 5.38 Å². The Labute approximate surface area is 89.5 Å². The van der Waals surface area contributed by atoms with Crippen molar-refractivity contribution in [1.29, 1.82) is 0 Å². The summed E-state index contributed by atoms with van der Waals surface area (Å²) in [6, 6.07) is -0.809. The molecule has 1 rings (SSSR count). The van der Waals surface area contributed by atoms with Crippen LogP contribution in [0.3, 0.4) is 0 Å². The number of hydrogen-bond acceptors (Lipinski definition) is 6. The fourth-order valence-corrected chi connectivity index (χ4v) is 2.29. The molecule has 0 aliphatic carbocycles. The van der Waals surface area contributed by atoms with E-state index in [-0.39, 0.29) is 0 Å². The lowest BCUT2D eigenvalue weighted by atomic mass is 10.4. The smallest absolute Gasteiger partial charge is 0.321 e. The number of carboxylic acid groups (broad SMARTS) is 1. The van der Waals surface area contributed by atoms with Crippen LogP contribution in [0.25, 0.3) is 0 Å². The van der Waals surface area contributed by atoms with Gasteiger partial charge in [0.05, 0.1) is 5.69 Å². The molecular weight excluding hydrogens is 222 g/mol. The molecule has 1 aromatic heterocycles. The van der Waals surface area contributed by atoms with Gasteiger partial charge < -0.3 is 16.6 Å². The number of nitrogen functional groups attached to an aromatic ring is 1. The molecule has 0 bridgehead atoms. The standard InChI is InChI=1S/C7H11N3O2S2/c8-5(6(11)12)3-13-1-4-2-14-7(9)10-4/h2,5H,1,3,8H2,(H2,9,10)(H,11,12)/t5-/m1/s1. The van der Waals surface area contributed by atoms with Crippen LogP contribution in [0.5, 0.6) is 0 Å². The van der Waals surface area contributed by atoms with E-state index in [1.54, 1.807) is 0 Å². The van der Waals surface area contributed by atoms with Gasteiger partial charge in [-0.1, -0.05) is 0 Å². The number of thioether (sulfide) groups is 1. The molecule has 1 aromatic rings. The molecule has 0 radical (unpaired) electrons. The largest absolute Gasteiger partial charge is 0.480 e. The molecule has 0 aliphatic rings. The number of carbonyl (C=O) groups is 1. The first-order chi connectivity index (χ1) is 6.59. The van der Waals surface area contributed by atoms with E-state index in [0.29, 0.717) is 16.6 Å². The number of hydrogen-bond donors (Lipinski definition) is 3. The summed E-state index contributed by atoms with van der Waals surface area (Å²) in [4.78, 5) is 14.4. The van der Waals surface area contributed by atoms with E-state index in [1.807, 2.05) is 5.38 Å². The van der Waals surface area contributed by atoms with Crippen molar-refractivity contribution in [2.24, 2.45) is 5.73 Å². The van der Waals surface area contributed by atoms with Crippen LogP contribution in [-0.2, 0) is 10.5 Å². The summed E-state index contributed by atoms with van der Waals surface area (Å²) in [5.74, 6) is 0.0526. The Hall–Kier alpha value is -0.790. The zero-order valence-corrected chi connectivity index (χ0v) is 8.98. The molecule has 0 saturated heterocycles. The summed E-state index contributed by atoms with van der Waals surface area (Å²) in [5, 5.41) is 10.9. The number of nitrogens with zero attached hydrogens (tertiary/aromatic N) is 1. The zero-order valence-electron chi connectivity index (χ0n) is 7.34. The molecule has 5 nitrogen and oxygen atoms in total. The van der Waals surface area contributed by atoms with Gasteiger partial charge in [0.2, 0.25) is 0 Å². The monoisotopic (exact) mass is 233 g/mol. The maximum absolute atomic E-state index is 10.4. The number of thiazole rings is 1. The lowest BCUT2D eigenvalue weighted by Crippen LogP contribution is -2.32. The van der Waals surface area contributed by atoms with Gasteiger partial charge in [0, 0.05) is 16.9 Å². The molecule has 78 valence electrons. The molecule has 0 fully saturated rings. The van der Waals surface area contributed by atoms with Gasteiger partial charge in [-0.25, -0.2) is 4.98 Å². The Morgan fingerprint density at radius 2 is 2.50 bits per heavy atom. The zero-order chi connectivity index (χ0) is 10.6. The van der Waals surface area contributed by atoms with Gasteiger partial charge in [-0.15, -0.1) is 11.3 Å². The maximum atomic E-state index is 10.4. The van der Waals surface area contributed by atoms with Crippen LogP contribution in [-0.4, -0.2) is 27.9 Å². The molecule has 14 heavy (non-hydrogen) atoms. The highest BCUT2D eigenvalue weighted by molar-refractivity contribution is 7.98. The predicted molar refractivity (Wildman–Crippen MR) is 58.3 cm³/mol. The van der Waals surface area contributed by atoms with Crippen molar-refractivity contribution < 1.29 is 9.90 Å². The number of rotatable bonds is 5. The third kappa shape index (κ3) is 3.52. The van der Waals surface area contributed by atoms with E-state index in [1.165, 1.54) is 23.1 Å². The Bertz CT molecular complexity index is 316. The third-order valence-electron chi connectivity index (χ3n) is 1.43. The van der Waals surface area contributed by atoms with E-state index < -0.39 is 12.0 Å². The quantitative estimate of drug-likeness (QED) is 0.679. The average Bonchev–Trinajstić information content (AvgIpc) is 2.51. The Kier molecular flexibility index (Phi) is 4.18. The van der Waals surface area contributed by atoms with E-state index in [0.717, 1.165) is 5.69 Å². The normalized spacial score (nSPS) is 12.6. The summed E-state index contributed by atoms with van der Waals surface area (Å²) in [7, 11) is 0. The SMILES string of the molecule is Nc1nc(CSC[C@@H](N)C(=O)O)cs1. The highest BCUT2D eigenvalue weighted by Gasteiger charge is 2.11. The minimum Gasteiger partial charge on any atom is -0.480 e. The Morgan fingerprint density at radius 3 is 3.00 bits per heavy atom. The molecule has 0 amide bonds. The first kappa shape index (κ1) is 11.3. The molecule has 0 aliphatic heterocycles. The molecule has 1 atom stereocenters. The van der Waals surface area contributed by atoms with Crippen molar-refractivity contribution in [2.75, 3.05) is 11.5 Å². The van der Waals surface area contributed by atoms with Gasteiger partial charge in [0.1, 0.15) is 6.04 Å². The van der Waals surface area contributed by atoms with Gasteiger partial charge in [-0.2, -0.15) is 11.8 Å². The summed E-state index contributed by atoms with van der Waals surface area (Å²) in [6.07, 6.45) is 0. The number of anilines is 1. The van der Waals surface area contributed by atoms with Crippen LogP contribution in [0.4, 0.5) is 5.13 Å². The van der Waals surface area contributed by atoms with Crippen molar-refractivity contribution in [3.63, 3.8) is 0 Å². The molecular formula is C7H11N3O2S2. The highest BCUT2D eigenvalue weighted by atomic mass is 32.2. The lowest BCUT2D eigenvalue weighted by molar-refractivity contribution is -0.137. The van der Waals surface area contributed by atoms with Crippen molar-refractivity contribution in [1.82, 2.24) is 4.98 Å². The lowest BCUT2D eigenvalue weighted by Gasteiger charge is -2.03. The first-order valence-electron chi connectivity index (χ1n) is 3.85. The molecule has 1 heterocycles. The minimum atomic E-state index is -0.977. The van der Waals surface area contributed by atoms with Gasteiger partial charge in [-0.05, 0) is 0 Å². The molecule has 0 spiro atoms. The van der Waals surface area contributed by atoms with E-state index in [9.17, 15) is 4.79 Å². The molecule has 0 saturated carbocycles. The van der Waals surface area contributed by atoms with Gasteiger partial charge >= 0.3 is 5.97 Å². The summed E-state index contributed by atoms with van der Waals surface area (Å²) in [6.45, 7) is 0. The van der Waals surface area contributed by atoms with Crippen molar-refractivity contribution in [3.8, 4) is 0 Å². The van der Waals surface area contributed by atoms with Crippen LogP contribution < -0.4 is 11.5 Å². The fraction of sp³-hybridized carbons (Fsp3) is 0.429. The topological polar surface area (TPSA) is 102 Å². The molecule has 5 N–H and O–H groups in total. The Balaban J connectivity index is 2.25. The summed E-state index contributed by atoms with van der Waals surface area (Å²) < 4.78 is 0. The van der Waals surface area contributed by atoms with Crippen molar-refractivity contribution >= 4 is 34.2 Å². The number of carboxylic acids is 1. The van der Waals surface area contributed by atoms with Crippen LogP contribution in [0, 0.1) is 0 Å². The summed E-state index contributed by atoms with van der Waals surface area (Å²) >= 11 is 2.81. The second kappa shape index (κ2) is 5.18. The molecule has 0 aromatic carbocycles. The number of aliphatic carboxylic acids is 1. The van der Waals surface area contributed by atoms with Gasteiger partial charge in [0.25, 0.3) is 0 Å². The Morgan fingerprint density at radius 1 is 1.79 bits per heavy atom. The molecule has 7 heteroatoms. The second-order valence-electron chi connectivity index (χ2n) is 2.64. The number of nitrogens with two attached hydrogens (primary N) is 2. The van der Waals surface area contributed by atoms with Crippen LogP contribution in [0.1, 0.15) is 5.69 Å². The van der Waals surface area contributed by atoms with Gasteiger partial charge in [0.15, 0.2) is 5.13 Å².